The summed E-state index contributed by atoms with van der Waals surface area (Å²) >= 11 is 4.81. The molecule has 5 aromatic rings. The highest BCUT2D eigenvalue weighted by atomic mass is 79.9. The Morgan fingerprint density at radius 3 is 2.09 bits per heavy atom. The summed E-state index contributed by atoms with van der Waals surface area (Å²) in [5.41, 5.74) is 3.28. The van der Waals surface area contributed by atoms with E-state index in [1.807, 2.05) is 91.0 Å². The van der Waals surface area contributed by atoms with E-state index in [9.17, 15) is 14.4 Å². The van der Waals surface area contributed by atoms with Crippen LogP contribution in [0.5, 0.6) is 5.75 Å². The average Bonchev–Trinajstić information content (AvgIpc) is 3.09. The van der Waals surface area contributed by atoms with E-state index in [2.05, 4.69) is 31.9 Å². The zero-order valence-electron chi connectivity index (χ0n) is 24.8. The number of benzene rings is 5. The van der Waals surface area contributed by atoms with Gasteiger partial charge in [-0.1, -0.05) is 82.7 Å². The molecule has 230 valence electrons. The predicted molar refractivity (Wildman–Crippen MR) is 188 cm³/mol. The number of anilines is 2. The molecule has 1 unspecified atom stereocenters. The van der Waals surface area contributed by atoms with Gasteiger partial charge in [0.1, 0.15) is 16.7 Å². The molecule has 5 aromatic carbocycles. The Morgan fingerprint density at radius 1 is 0.739 bits per heavy atom. The summed E-state index contributed by atoms with van der Waals surface area (Å²) in [6.45, 7) is 0. The van der Waals surface area contributed by atoms with Crippen molar-refractivity contribution in [3.8, 4) is 5.75 Å². The van der Waals surface area contributed by atoms with Crippen molar-refractivity contribution in [2.24, 2.45) is 0 Å². The lowest BCUT2D eigenvalue weighted by atomic mass is 10.1. The van der Waals surface area contributed by atoms with Crippen molar-refractivity contribution in [1.29, 1.82) is 0 Å². The Balaban J connectivity index is 1.32. The molecule has 3 N–H and O–H groups in total. The molecule has 0 radical (unpaired) electrons. The van der Waals surface area contributed by atoms with E-state index in [0.717, 1.165) is 20.5 Å². The van der Waals surface area contributed by atoms with Crippen LogP contribution in [-0.4, -0.2) is 24.8 Å². The fraction of sp³-hybridized carbons (Fsp3) is 0.0541. The van der Waals surface area contributed by atoms with Crippen molar-refractivity contribution in [3.63, 3.8) is 0 Å². The predicted octanol–water partition coefficient (Wildman–Crippen LogP) is 8.34. The summed E-state index contributed by atoms with van der Waals surface area (Å²) < 4.78 is 6.19. The van der Waals surface area contributed by atoms with Gasteiger partial charge in [-0.3, -0.25) is 14.4 Å². The maximum atomic E-state index is 13.5. The molecule has 0 saturated carbocycles. The van der Waals surface area contributed by atoms with Crippen LogP contribution >= 0.6 is 27.7 Å². The lowest BCUT2D eigenvalue weighted by molar-refractivity contribution is -0.116. The van der Waals surface area contributed by atoms with E-state index in [0.29, 0.717) is 22.7 Å². The largest absolute Gasteiger partial charge is 0.497 e. The van der Waals surface area contributed by atoms with Crippen molar-refractivity contribution in [1.82, 2.24) is 5.32 Å². The Bertz CT molecular complexity index is 1830. The number of carbonyl (C=O) groups excluding carboxylic acids is 3. The van der Waals surface area contributed by atoms with Gasteiger partial charge in [0.25, 0.3) is 11.8 Å². The van der Waals surface area contributed by atoms with Crippen molar-refractivity contribution in [2.45, 2.75) is 10.1 Å². The first-order valence-electron chi connectivity index (χ1n) is 14.3. The molecular weight excluding hydrogens is 662 g/mol. The van der Waals surface area contributed by atoms with Crippen LogP contribution in [0.4, 0.5) is 11.4 Å². The Morgan fingerprint density at radius 2 is 1.41 bits per heavy atom. The monoisotopic (exact) mass is 691 g/mol. The third-order valence-electron chi connectivity index (χ3n) is 6.75. The Labute approximate surface area is 280 Å². The number of methoxy groups -OCH3 is 1. The molecule has 0 saturated heterocycles. The molecule has 0 aliphatic carbocycles. The van der Waals surface area contributed by atoms with E-state index < -0.39 is 17.1 Å². The van der Waals surface area contributed by atoms with Crippen LogP contribution in [0.3, 0.4) is 0 Å². The average molecular weight is 693 g/mol. The highest BCUT2D eigenvalue weighted by Crippen LogP contribution is 2.37. The number of nitrogens with one attached hydrogen (secondary N) is 3. The minimum atomic E-state index is -0.540. The quantitative estimate of drug-likeness (QED) is 0.0956. The molecule has 5 rings (SSSR count). The molecule has 46 heavy (non-hydrogen) atoms. The van der Waals surface area contributed by atoms with E-state index in [-0.39, 0.29) is 11.6 Å². The fourth-order valence-corrected chi connectivity index (χ4v) is 5.72. The van der Waals surface area contributed by atoms with Gasteiger partial charge in [-0.05, 0) is 77.9 Å². The SMILES string of the molecule is COc1cccc(NC(=O)C(Sc2ccc(NC(=O)/C(=C/c3ccc(Br)cc3)NC(=O)c3ccccc3)cc2)c2ccccc2)c1. The smallest absolute Gasteiger partial charge is 0.272 e. The molecular formula is C37H30BrN3O4S. The van der Waals surface area contributed by atoms with Crippen LogP contribution in [0.25, 0.3) is 6.08 Å². The molecule has 0 aliphatic heterocycles. The number of halogens is 1. The normalized spacial score (nSPS) is 11.7. The van der Waals surface area contributed by atoms with Crippen molar-refractivity contribution < 1.29 is 19.1 Å². The molecule has 0 aliphatic rings. The van der Waals surface area contributed by atoms with Gasteiger partial charge < -0.3 is 20.7 Å². The third-order valence-corrected chi connectivity index (χ3v) is 8.55. The fourth-order valence-electron chi connectivity index (χ4n) is 4.43. The summed E-state index contributed by atoms with van der Waals surface area (Å²) in [6, 6.07) is 40.1. The van der Waals surface area contributed by atoms with Gasteiger partial charge >= 0.3 is 0 Å². The minimum absolute atomic E-state index is 0.0907. The standard InChI is InChI=1S/C37H30BrN3O4S/c1-45-31-14-8-13-30(24-31)40-37(44)34(26-9-4-2-5-10-26)46-32-21-19-29(20-22-32)39-36(43)33(23-25-15-17-28(38)18-16-25)41-35(42)27-11-6-3-7-12-27/h2-24,34H,1H3,(H,39,43)(H,40,44)(H,41,42)/b33-23-. The van der Waals surface area contributed by atoms with E-state index in [1.54, 1.807) is 55.7 Å². The Kier molecular flexibility index (Phi) is 11.0. The van der Waals surface area contributed by atoms with Crippen molar-refractivity contribution in [2.75, 3.05) is 17.7 Å². The van der Waals surface area contributed by atoms with E-state index in [1.165, 1.54) is 11.8 Å². The first-order chi connectivity index (χ1) is 22.4. The summed E-state index contributed by atoms with van der Waals surface area (Å²) in [7, 11) is 1.58. The van der Waals surface area contributed by atoms with Crippen LogP contribution in [0, 0.1) is 0 Å². The van der Waals surface area contributed by atoms with Crippen LogP contribution < -0.4 is 20.7 Å². The van der Waals surface area contributed by atoms with Crippen LogP contribution in [0.1, 0.15) is 26.7 Å². The molecule has 0 spiro atoms. The van der Waals surface area contributed by atoms with Gasteiger partial charge in [0.05, 0.1) is 7.11 Å². The second-order valence-corrected chi connectivity index (χ2v) is 12.1. The molecule has 7 nitrogen and oxygen atoms in total. The van der Waals surface area contributed by atoms with Crippen LogP contribution in [0.2, 0.25) is 0 Å². The zero-order chi connectivity index (χ0) is 32.3. The van der Waals surface area contributed by atoms with Gasteiger partial charge in [-0.2, -0.15) is 0 Å². The summed E-state index contributed by atoms with van der Waals surface area (Å²) in [6.07, 6.45) is 1.62. The first-order valence-corrected chi connectivity index (χ1v) is 16.0. The maximum absolute atomic E-state index is 13.5. The first kappa shape index (κ1) is 32.3. The minimum Gasteiger partial charge on any atom is -0.497 e. The highest BCUT2D eigenvalue weighted by molar-refractivity contribution is 9.10. The lowest BCUT2D eigenvalue weighted by Gasteiger charge is -2.18. The van der Waals surface area contributed by atoms with Gasteiger partial charge in [-0.25, -0.2) is 0 Å². The zero-order valence-corrected chi connectivity index (χ0v) is 27.2. The molecule has 0 aromatic heterocycles. The van der Waals surface area contributed by atoms with Crippen molar-refractivity contribution in [3.05, 3.63) is 160 Å². The van der Waals surface area contributed by atoms with Crippen LogP contribution in [0.15, 0.2) is 149 Å². The highest BCUT2D eigenvalue weighted by Gasteiger charge is 2.23. The van der Waals surface area contributed by atoms with E-state index in [4.69, 9.17) is 4.74 Å². The number of thioether (sulfide) groups is 1. The number of rotatable bonds is 11. The second-order valence-electron chi connectivity index (χ2n) is 10.0. The van der Waals surface area contributed by atoms with Crippen molar-refractivity contribution >= 4 is 62.9 Å². The molecule has 0 bridgehead atoms. The maximum Gasteiger partial charge on any atom is 0.272 e. The topological polar surface area (TPSA) is 96.5 Å². The number of hydrogen-bond donors (Lipinski definition) is 3. The van der Waals surface area contributed by atoms with Gasteiger partial charge in [0.2, 0.25) is 5.91 Å². The summed E-state index contributed by atoms with van der Waals surface area (Å²) in [5.74, 6) is -0.412. The number of carbonyl (C=O) groups is 3. The molecule has 0 heterocycles. The molecule has 0 fully saturated rings. The number of amides is 3. The third kappa shape index (κ3) is 8.97. The van der Waals surface area contributed by atoms with Gasteiger partial charge in [0.15, 0.2) is 0 Å². The summed E-state index contributed by atoms with van der Waals surface area (Å²) in [4.78, 5) is 40.7. The molecule has 3 amide bonds. The number of ether oxygens (including phenoxy) is 1. The van der Waals surface area contributed by atoms with Gasteiger partial charge in [-0.15, -0.1) is 11.8 Å². The van der Waals surface area contributed by atoms with E-state index >= 15 is 0 Å². The van der Waals surface area contributed by atoms with Crippen LogP contribution in [-0.2, 0) is 9.59 Å². The molecule has 9 heteroatoms. The molecule has 1 atom stereocenters. The number of hydrogen-bond acceptors (Lipinski definition) is 5. The van der Waals surface area contributed by atoms with Gasteiger partial charge in [0, 0.05) is 32.4 Å². The second kappa shape index (κ2) is 15.7. The Hall–Kier alpha value is -5.12. The lowest BCUT2D eigenvalue weighted by Crippen LogP contribution is -2.30. The summed E-state index contributed by atoms with van der Waals surface area (Å²) in [5, 5.41) is 8.09.